The van der Waals surface area contributed by atoms with E-state index in [2.05, 4.69) is 39.0 Å². The smallest absolute Gasteiger partial charge is 0.183 e. The normalized spacial score (nSPS) is 12.3. The lowest BCUT2D eigenvalue weighted by Gasteiger charge is -2.29. The minimum absolute atomic E-state index is 0.0984. The molecular formula is C22H38O4. The van der Waals surface area contributed by atoms with Gasteiger partial charge in [0.2, 0.25) is 0 Å². The van der Waals surface area contributed by atoms with E-state index in [1.807, 2.05) is 0 Å². The van der Waals surface area contributed by atoms with Gasteiger partial charge in [-0.1, -0.05) is 65.0 Å². The summed E-state index contributed by atoms with van der Waals surface area (Å²) in [6.07, 6.45) is 6.77. The molecule has 0 heterocycles. The maximum Gasteiger partial charge on any atom is 0.183 e. The Kier molecular flexibility index (Phi) is 10.4. The van der Waals surface area contributed by atoms with Crippen molar-refractivity contribution in [3.05, 3.63) is 34.9 Å². The standard InChI is InChI=1S/C22H38O4/c1-8-9-10-11-12-15-22(2,3)17-13-14-18(20(23-4)24-5)19(16-17)21(25-6)26-7/h13-14,16,20-21H,8-12,15H2,1-7H3. The Balaban J connectivity index is 3.06. The van der Waals surface area contributed by atoms with Crippen LogP contribution in [-0.4, -0.2) is 28.4 Å². The molecule has 0 saturated carbocycles. The van der Waals surface area contributed by atoms with Crippen molar-refractivity contribution in [2.24, 2.45) is 0 Å². The fourth-order valence-electron chi connectivity index (χ4n) is 3.43. The molecule has 1 aromatic rings. The molecule has 0 aromatic heterocycles. The maximum atomic E-state index is 5.53. The van der Waals surface area contributed by atoms with Gasteiger partial charge in [0.1, 0.15) is 0 Å². The van der Waals surface area contributed by atoms with Gasteiger partial charge in [-0.3, -0.25) is 0 Å². The van der Waals surface area contributed by atoms with E-state index in [9.17, 15) is 0 Å². The van der Waals surface area contributed by atoms with Gasteiger partial charge in [-0.2, -0.15) is 0 Å². The largest absolute Gasteiger partial charge is 0.352 e. The topological polar surface area (TPSA) is 36.9 Å². The summed E-state index contributed by atoms with van der Waals surface area (Å²) in [5.41, 5.74) is 3.28. The number of ether oxygens (including phenoxy) is 4. The average Bonchev–Trinajstić information content (AvgIpc) is 2.64. The van der Waals surface area contributed by atoms with Crippen LogP contribution in [0.3, 0.4) is 0 Å². The summed E-state index contributed by atoms with van der Waals surface area (Å²) in [4.78, 5) is 0. The third-order valence-electron chi connectivity index (χ3n) is 5.14. The van der Waals surface area contributed by atoms with Crippen molar-refractivity contribution in [3.8, 4) is 0 Å². The van der Waals surface area contributed by atoms with Gasteiger partial charge >= 0.3 is 0 Å². The van der Waals surface area contributed by atoms with E-state index in [0.717, 1.165) is 17.5 Å². The van der Waals surface area contributed by atoms with Gasteiger partial charge in [-0.25, -0.2) is 0 Å². The Labute approximate surface area is 160 Å². The predicted molar refractivity (Wildman–Crippen MR) is 106 cm³/mol. The van der Waals surface area contributed by atoms with Crippen molar-refractivity contribution in [1.82, 2.24) is 0 Å². The molecule has 0 aliphatic heterocycles. The molecule has 0 N–H and O–H groups in total. The summed E-state index contributed by atoms with van der Waals surface area (Å²) in [6.45, 7) is 6.87. The predicted octanol–water partition coefficient (Wildman–Crippen LogP) is 5.91. The van der Waals surface area contributed by atoms with Gasteiger partial charge in [0.25, 0.3) is 0 Å². The Bertz CT molecular complexity index is 505. The molecule has 0 bridgehead atoms. The monoisotopic (exact) mass is 366 g/mol. The highest BCUT2D eigenvalue weighted by Gasteiger charge is 2.26. The van der Waals surface area contributed by atoms with Gasteiger partial charge in [0.05, 0.1) is 0 Å². The van der Waals surface area contributed by atoms with Gasteiger partial charge in [0.15, 0.2) is 12.6 Å². The molecule has 0 radical (unpaired) electrons. The van der Waals surface area contributed by atoms with E-state index in [-0.39, 0.29) is 5.41 Å². The van der Waals surface area contributed by atoms with E-state index >= 15 is 0 Å². The maximum absolute atomic E-state index is 5.53. The van der Waals surface area contributed by atoms with Gasteiger partial charge in [-0.05, 0) is 23.5 Å². The average molecular weight is 367 g/mol. The van der Waals surface area contributed by atoms with Crippen molar-refractivity contribution in [1.29, 1.82) is 0 Å². The van der Waals surface area contributed by atoms with Crippen LogP contribution in [0.2, 0.25) is 0 Å². The van der Waals surface area contributed by atoms with Gasteiger partial charge < -0.3 is 18.9 Å². The Morgan fingerprint density at radius 1 is 0.769 bits per heavy atom. The molecule has 0 saturated heterocycles. The number of unbranched alkanes of at least 4 members (excludes halogenated alkanes) is 4. The molecule has 4 heteroatoms. The molecule has 0 atom stereocenters. The van der Waals surface area contributed by atoms with Crippen molar-refractivity contribution < 1.29 is 18.9 Å². The fraction of sp³-hybridized carbons (Fsp3) is 0.727. The van der Waals surface area contributed by atoms with Crippen molar-refractivity contribution in [2.75, 3.05) is 28.4 Å². The molecule has 150 valence electrons. The second-order valence-electron chi connectivity index (χ2n) is 7.50. The SMILES string of the molecule is CCCCCCCC(C)(C)c1ccc(C(OC)OC)c(C(OC)OC)c1. The highest BCUT2D eigenvalue weighted by atomic mass is 16.7. The molecule has 0 spiro atoms. The van der Waals surface area contributed by atoms with Crippen LogP contribution in [0.4, 0.5) is 0 Å². The summed E-state index contributed by atoms with van der Waals surface area (Å²) in [5, 5.41) is 0. The lowest BCUT2D eigenvalue weighted by atomic mass is 9.78. The Hall–Kier alpha value is -0.940. The second-order valence-corrected chi connectivity index (χ2v) is 7.50. The quantitative estimate of drug-likeness (QED) is 0.321. The Morgan fingerprint density at radius 2 is 1.31 bits per heavy atom. The summed E-state index contributed by atoms with van der Waals surface area (Å²) < 4.78 is 22.0. The highest BCUT2D eigenvalue weighted by molar-refractivity contribution is 5.37. The van der Waals surface area contributed by atoms with E-state index < -0.39 is 12.6 Å². The van der Waals surface area contributed by atoms with Crippen LogP contribution >= 0.6 is 0 Å². The van der Waals surface area contributed by atoms with Gasteiger partial charge in [0, 0.05) is 39.6 Å². The van der Waals surface area contributed by atoms with Gasteiger partial charge in [-0.15, -0.1) is 0 Å². The van der Waals surface area contributed by atoms with Crippen LogP contribution in [0.1, 0.15) is 88.6 Å². The summed E-state index contributed by atoms with van der Waals surface area (Å²) in [7, 11) is 6.58. The number of hydrogen-bond donors (Lipinski definition) is 0. The van der Waals surface area contributed by atoms with Crippen molar-refractivity contribution >= 4 is 0 Å². The lowest BCUT2D eigenvalue weighted by Crippen LogP contribution is -2.20. The van der Waals surface area contributed by atoms with Crippen LogP contribution in [0.5, 0.6) is 0 Å². The molecular weight excluding hydrogens is 328 g/mol. The molecule has 0 aliphatic carbocycles. The first-order valence-corrected chi connectivity index (χ1v) is 9.70. The highest BCUT2D eigenvalue weighted by Crippen LogP contribution is 2.35. The number of benzene rings is 1. The molecule has 0 fully saturated rings. The van der Waals surface area contributed by atoms with E-state index in [0.29, 0.717) is 0 Å². The van der Waals surface area contributed by atoms with E-state index in [1.165, 1.54) is 37.7 Å². The zero-order valence-electron chi connectivity index (χ0n) is 17.8. The minimum Gasteiger partial charge on any atom is -0.352 e. The Morgan fingerprint density at radius 3 is 1.85 bits per heavy atom. The molecule has 26 heavy (non-hydrogen) atoms. The van der Waals surface area contributed by atoms with E-state index in [4.69, 9.17) is 18.9 Å². The van der Waals surface area contributed by atoms with Crippen molar-refractivity contribution in [2.45, 2.75) is 77.3 Å². The van der Waals surface area contributed by atoms with Crippen LogP contribution in [0, 0.1) is 0 Å². The number of rotatable bonds is 13. The molecule has 0 aliphatic rings. The first-order valence-electron chi connectivity index (χ1n) is 9.70. The van der Waals surface area contributed by atoms with Crippen LogP contribution in [0.25, 0.3) is 0 Å². The second kappa shape index (κ2) is 11.7. The first kappa shape index (κ1) is 23.1. The summed E-state index contributed by atoms with van der Waals surface area (Å²) >= 11 is 0. The fourth-order valence-corrected chi connectivity index (χ4v) is 3.43. The summed E-state index contributed by atoms with van der Waals surface area (Å²) in [6, 6.07) is 6.44. The van der Waals surface area contributed by atoms with Crippen LogP contribution < -0.4 is 0 Å². The first-order chi connectivity index (χ1) is 12.4. The molecule has 1 rings (SSSR count). The van der Waals surface area contributed by atoms with Crippen LogP contribution in [0.15, 0.2) is 18.2 Å². The zero-order chi connectivity index (χ0) is 19.6. The zero-order valence-corrected chi connectivity index (χ0v) is 17.8. The molecule has 0 amide bonds. The summed E-state index contributed by atoms with van der Waals surface area (Å²) in [5.74, 6) is 0. The lowest BCUT2D eigenvalue weighted by molar-refractivity contribution is -0.123. The number of hydrogen-bond acceptors (Lipinski definition) is 4. The third kappa shape index (κ3) is 6.34. The molecule has 4 nitrogen and oxygen atoms in total. The molecule has 1 aromatic carbocycles. The van der Waals surface area contributed by atoms with Crippen molar-refractivity contribution in [3.63, 3.8) is 0 Å². The van der Waals surface area contributed by atoms with E-state index in [1.54, 1.807) is 28.4 Å². The molecule has 0 unspecified atom stereocenters. The van der Waals surface area contributed by atoms with Crippen LogP contribution in [-0.2, 0) is 24.4 Å². The minimum atomic E-state index is -0.446. The third-order valence-corrected chi connectivity index (χ3v) is 5.14. The number of methoxy groups -OCH3 is 4.